The highest BCUT2D eigenvalue weighted by molar-refractivity contribution is 8.00. The molecular weight excluding hydrogens is 366 g/mol. The van der Waals surface area contributed by atoms with Crippen LogP contribution in [0.3, 0.4) is 0 Å². The lowest BCUT2D eigenvalue weighted by molar-refractivity contribution is 0.323. The van der Waals surface area contributed by atoms with Crippen molar-refractivity contribution in [1.29, 1.82) is 0 Å². The summed E-state index contributed by atoms with van der Waals surface area (Å²) in [5.74, 6) is 3.15. The maximum absolute atomic E-state index is 5.49. The van der Waals surface area contributed by atoms with Gasteiger partial charge >= 0.3 is 0 Å². The fourth-order valence-corrected chi connectivity index (χ4v) is 4.86. The van der Waals surface area contributed by atoms with Crippen molar-refractivity contribution in [3.05, 3.63) is 35.5 Å². The summed E-state index contributed by atoms with van der Waals surface area (Å²) in [7, 11) is 8.12. The number of pyridine rings is 1. The summed E-state index contributed by atoms with van der Waals surface area (Å²) in [5, 5.41) is 0.693. The van der Waals surface area contributed by atoms with Gasteiger partial charge in [0.1, 0.15) is 0 Å². The average Bonchev–Trinajstić information content (AvgIpc) is 3.22. The van der Waals surface area contributed by atoms with Crippen molar-refractivity contribution >= 4 is 11.8 Å². The molecule has 7 heteroatoms. The van der Waals surface area contributed by atoms with E-state index in [0.717, 1.165) is 18.4 Å². The van der Waals surface area contributed by atoms with Crippen LogP contribution in [0.5, 0.6) is 28.9 Å². The van der Waals surface area contributed by atoms with E-state index in [1.807, 2.05) is 36.2 Å². The molecular formula is C20H25NO5S. The van der Waals surface area contributed by atoms with E-state index in [4.69, 9.17) is 23.7 Å². The molecule has 0 aliphatic carbocycles. The van der Waals surface area contributed by atoms with Crippen LogP contribution in [-0.2, 0) is 0 Å². The molecule has 1 aromatic heterocycles. The quantitative estimate of drug-likeness (QED) is 0.692. The van der Waals surface area contributed by atoms with Gasteiger partial charge in [0.25, 0.3) is 5.88 Å². The molecule has 2 aromatic rings. The zero-order valence-electron chi connectivity index (χ0n) is 16.3. The zero-order valence-corrected chi connectivity index (χ0v) is 17.1. The van der Waals surface area contributed by atoms with Gasteiger partial charge in [-0.25, -0.2) is 4.98 Å². The van der Waals surface area contributed by atoms with Gasteiger partial charge in [0.05, 0.1) is 35.5 Å². The van der Waals surface area contributed by atoms with Crippen LogP contribution >= 0.6 is 11.8 Å². The highest BCUT2D eigenvalue weighted by atomic mass is 32.2. The first-order valence-corrected chi connectivity index (χ1v) is 9.62. The van der Waals surface area contributed by atoms with E-state index in [-0.39, 0.29) is 0 Å². The largest absolute Gasteiger partial charge is 0.493 e. The lowest BCUT2D eigenvalue weighted by Gasteiger charge is -2.17. The minimum atomic E-state index is 0.344. The second-order valence-electron chi connectivity index (χ2n) is 6.13. The third-order valence-corrected chi connectivity index (χ3v) is 6.38. The smallest absolute Gasteiger partial charge is 0.256 e. The monoisotopic (exact) mass is 391 g/mol. The maximum atomic E-state index is 5.49. The van der Waals surface area contributed by atoms with E-state index in [0.29, 0.717) is 39.4 Å². The van der Waals surface area contributed by atoms with Crippen LogP contribution in [-0.4, -0.2) is 40.5 Å². The maximum Gasteiger partial charge on any atom is 0.256 e. The molecule has 0 saturated carbocycles. The predicted molar refractivity (Wildman–Crippen MR) is 106 cm³/mol. The fraction of sp³-hybridized carbons (Fsp3) is 0.450. The molecule has 0 amide bonds. The molecule has 1 aliphatic heterocycles. The molecule has 2 atom stereocenters. The Hall–Kier alpha value is -2.28. The molecule has 1 fully saturated rings. The van der Waals surface area contributed by atoms with Crippen molar-refractivity contribution in [3.8, 4) is 28.9 Å². The molecule has 146 valence electrons. The number of nitrogens with zero attached hydrogens (tertiary/aromatic N) is 1. The summed E-state index contributed by atoms with van der Waals surface area (Å²) in [5.41, 5.74) is 2.32. The molecule has 0 radical (unpaired) electrons. The lowest BCUT2D eigenvalue weighted by Crippen LogP contribution is -1.98. The second kappa shape index (κ2) is 8.61. The summed E-state index contributed by atoms with van der Waals surface area (Å²) >= 11 is 1.91. The van der Waals surface area contributed by atoms with E-state index >= 15 is 0 Å². The third-order valence-electron chi connectivity index (χ3n) is 4.70. The van der Waals surface area contributed by atoms with E-state index < -0.39 is 0 Å². The molecule has 3 rings (SSSR count). The number of methoxy groups -OCH3 is 5. The molecule has 27 heavy (non-hydrogen) atoms. The number of ether oxygens (including phenoxy) is 5. The van der Waals surface area contributed by atoms with Crippen LogP contribution in [0.1, 0.15) is 34.5 Å². The Bertz CT molecular complexity index is 773. The van der Waals surface area contributed by atoms with Gasteiger partial charge in [0, 0.05) is 16.7 Å². The predicted octanol–water partition coefficient (Wildman–Crippen LogP) is 4.43. The minimum absolute atomic E-state index is 0.344. The minimum Gasteiger partial charge on any atom is -0.493 e. The van der Waals surface area contributed by atoms with Gasteiger partial charge in [-0.3, -0.25) is 0 Å². The Morgan fingerprint density at radius 1 is 0.741 bits per heavy atom. The Kier molecular flexibility index (Phi) is 6.21. The first-order valence-electron chi connectivity index (χ1n) is 8.68. The average molecular weight is 391 g/mol. The van der Waals surface area contributed by atoms with E-state index in [9.17, 15) is 0 Å². The van der Waals surface area contributed by atoms with Crippen molar-refractivity contribution in [2.75, 3.05) is 35.5 Å². The molecule has 0 unspecified atom stereocenters. The Morgan fingerprint density at radius 3 is 1.81 bits per heavy atom. The lowest BCUT2D eigenvalue weighted by atomic mass is 10.0. The van der Waals surface area contributed by atoms with E-state index in [1.54, 1.807) is 35.5 Å². The summed E-state index contributed by atoms with van der Waals surface area (Å²) in [4.78, 5) is 4.37. The van der Waals surface area contributed by atoms with Crippen molar-refractivity contribution in [2.24, 2.45) is 0 Å². The van der Waals surface area contributed by atoms with Gasteiger partial charge < -0.3 is 23.7 Å². The summed E-state index contributed by atoms with van der Waals surface area (Å²) < 4.78 is 27.0. The number of aromatic nitrogens is 1. The summed E-state index contributed by atoms with van der Waals surface area (Å²) in [6.07, 6.45) is 3.99. The Labute approximate surface area is 164 Å². The molecule has 0 N–H and O–H groups in total. The van der Waals surface area contributed by atoms with Crippen molar-refractivity contribution < 1.29 is 23.7 Å². The third kappa shape index (κ3) is 3.88. The standard InChI is InChI=1S/C20H25NO5S/c1-22-14-8-12(9-15(23-2)19(14)25-4)17-6-7-18(27-17)13-10-16(24-3)20(26-5)21-11-13/h8-11,17-18H,6-7H2,1-5H3/t17-,18-/m0/s1. The molecule has 6 nitrogen and oxygen atoms in total. The molecule has 0 bridgehead atoms. The van der Waals surface area contributed by atoms with Crippen LogP contribution in [0.4, 0.5) is 0 Å². The van der Waals surface area contributed by atoms with Crippen LogP contribution < -0.4 is 23.7 Å². The second-order valence-corrected chi connectivity index (χ2v) is 7.54. The van der Waals surface area contributed by atoms with Gasteiger partial charge in [-0.1, -0.05) is 0 Å². The van der Waals surface area contributed by atoms with Crippen LogP contribution in [0, 0.1) is 0 Å². The number of thioether (sulfide) groups is 1. The highest BCUT2D eigenvalue weighted by Crippen LogP contribution is 2.54. The number of hydrogen-bond donors (Lipinski definition) is 0. The Balaban J connectivity index is 1.84. The Morgan fingerprint density at radius 2 is 1.30 bits per heavy atom. The highest BCUT2D eigenvalue weighted by Gasteiger charge is 2.30. The first kappa shape index (κ1) is 19.5. The normalized spacial score (nSPS) is 18.9. The van der Waals surface area contributed by atoms with Crippen LogP contribution in [0.25, 0.3) is 0 Å². The van der Waals surface area contributed by atoms with E-state index in [1.165, 1.54) is 5.56 Å². The van der Waals surface area contributed by atoms with Gasteiger partial charge in [0.2, 0.25) is 5.75 Å². The van der Waals surface area contributed by atoms with E-state index in [2.05, 4.69) is 4.98 Å². The molecule has 1 aliphatic rings. The van der Waals surface area contributed by atoms with Crippen molar-refractivity contribution in [3.63, 3.8) is 0 Å². The molecule has 1 aromatic carbocycles. The van der Waals surface area contributed by atoms with Crippen molar-refractivity contribution in [2.45, 2.75) is 23.3 Å². The summed E-state index contributed by atoms with van der Waals surface area (Å²) in [6, 6.07) is 6.09. The topological polar surface area (TPSA) is 59.0 Å². The van der Waals surface area contributed by atoms with Gasteiger partial charge in [-0.15, -0.1) is 11.8 Å². The molecule has 2 heterocycles. The summed E-state index contributed by atoms with van der Waals surface area (Å²) in [6.45, 7) is 0. The van der Waals surface area contributed by atoms with Crippen LogP contribution in [0.2, 0.25) is 0 Å². The SMILES string of the molecule is COc1cc([C@@H]2CC[C@@H](c3cc(OC)c(OC)c(OC)c3)S2)cnc1OC. The van der Waals surface area contributed by atoms with Gasteiger partial charge in [-0.05, 0) is 42.2 Å². The zero-order chi connectivity index (χ0) is 19.4. The van der Waals surface area contributed by atoms with Crippen LogP contribution in [0.15, 0.2) is 24.4 Å². The van der Waals surface area contributed by atoms with Gasteiger partial charge in [0.15, 0.2) is 17.2 Å². The number of hydrogen-bond acceptors (Lipinski definition) is 7. The molecule has 1 saturated heterocycles. The van der Waals surface area contributed by atoms with Crippen molar-refractivity contribution in [1.82, 2.24) is 4.98 Å². The number of rotatable bonds is 7. The fourth-order valence-electron chi connectivity index (χ4n) is 3.34. The van der Waals surface area contributed by atoms with Gasteiger partial charge in [-0.2, -0.15) is 0 Å². The number of benzene rings is 1. The molecule has 0 spiro atoms. The first-order chi connectivity index (χ1) is 13.1.